The van der Waals surface area contributed by atoms with Gasteiger partial charge >= 0.3 is 0 Å². The Balaban J connectivity index is 1.19. The van der Waals surface area contributed by atoms with Crippen molar-refractivity contribution in [3.8, 4) is 11.1 Å². The van der Waals surface area contributed by atoms with Gasteiger partial charge in [-0.1, -0.05) is 30.3 Å². The van der Waals surface area contributed by atoms with E-state index in [1.54, 1.807) is 11.6 Å². The van der Waals surface area contributed by atoms with Crippen LogP contribution in [0.5, 0.6) is 0 Å². The molecule has 10 heteroatoms. The van der Waals surface area contributed by atoms with Crippen molar-refractivity contribution in [1.82, 2.24) is 14.5 Å². The number of Topliss-reactive ketones (excluding diaryl/α,β-unsaturated/α-hetero) is 1. The summed E-state index contributed by atoms with van der Waals surface area (Å²) in [5.41, 5.74) is 5.33. The predicted molar refractivity (Wildman–Crippen MR) is 150 cm³/mol. The maximum Gasteiger partial charge on any atom is 0.298 e. The fraction of sp³-hybridized carbons (Fsp3) is 0.267. The van der Waals surface area contributed by atoms with Crippen LogP contribution < -0.4 is 15.1 Å². The maximum atomic E-state index is 13.4. The largest absolute Gasteiger partial charge is 0.374 e. The second-order valence-electron chi connectivity index (χ2n) is 10.1. The Labute approximate surface area is 231 Å². The zero-order valence-electron chi connectivity index (χ0n) is 22.3. The van der Waals surface area contributed by atoms with Crippen LogP contribution in [0, 0.1) is 12.7 Å². The normalized spacial score (nSPS) is 16.6. The van der Waals surface area contributed by atoms with Crippen LogP contribution in [0.15, 0.2) is 67.0 Å². The van der Waals surface area contributed by atoms with Crippen LogP contribution in [0.3, 0.4) is 0 Å². The minimum absolute atomic E-state index is 0.0580. The lowest BCUT2D eigenvalue weighted by atomic mass is 10.0. The Hall–Kier alpha value is -4.57. The van der Waals surface area contributed by atoms with Crippen molar-refractivity contribution in [3.63, 3.8) is 0 Å². The third-order valence-corrected chi connectivity index (χ3v) is 7.57. The SMILES string of the molecule is Cc1cc(-c2ccccc2)c(C(=O)C(=O)Nc2ccc3c(c2)COC[C@@H]2CN(c4ncc(F)cn4)CCN32)n1C. The van der Waals surface area contributed by atoms with E-state index in [0.717, 1.165) is 28.1 Å². The average Bonchev–Trinajstić information content (AvgIpc) is 3.15. The van der Waals surface area contributed by atoms with Gasteiger partial charge in [0.25, 0.3) is 11.7 Å². The maximum absolute atomic E-state index is 13.4. The third kappa shape index (κ3) is 4.82. The highest BCUT2D eigenvalue weighted by molar-refractivity contribution is 6.47. The van der Waals surface area contributed by atoms with Crippen molar-refractivity contribution in [2.45, 2.75) is 19.6 Å². The van der Waals surface area contributed by atoms with Crippen LogP contribution in [0.1, 0.15) is 21.7 Å². The number of piperazine rings is 1. The highest BCUT2D eigenvalue weighted by atomic mass is 19.1. The van der Waals surface area contributed by atoms with Crippen LogP contribution in [0.4, 0.5) is 21.7 Å². The van der Waals surface area contributed by atoms with E-state index in [1.807, 2.05) is 66.4 Å². The number of carbonyl (C=O) groups is 2. The second-order valence-corrected chi connectivity index (χ2v) is 10.1. The molecule has 40 heavy (non-hydrogen) atoms. The van der Waals surface area contributed by atoms with Gasteiger partial charge in [-0.2, -0.15) is 0 Å². The van der Waals surface area contributed by atoms with E-state index in [2.05, 4.69) is 20.2 Å². The Kier molecular flexibility index (Phi) is 6.77. The van der Waals surface area contributed by atoms with Gasteiger partial charge in [-0.25, -0.2) is 14.4 Å². The summed E-state index contributed by atoms with van der Waals surface area (Å²) in [6.07, 6.45) is 2.35. The molecule has 0 spiro atoms. The summed E-state index contributed by atoms with van der Waals surface area (Å²) in [6, 6.07) is 17.2. The second kappa shape index (κ2) is 10.5. The molecule has 2 aliphatic heterocycles. The van der Waals surface area contributed by atoms with Crippen LogP contribution >= 0.6 is 0 Å². The van der Waals surface area contributed by atoms with Gasteiger partial charge in [0.1, 0.15) is 5.69 Å². The van der Waals surface area contributed by atoms with Crippen LogP contribution in [-0.4, -0.2) is 58.5 Å². The standard InChI is InChI=1S/C30H29FN6O3/c1-19-12-25(20-6-4-3-5-7-20)27(35(19)2)28(38)29(39)34-23-8-9-26-21(13-23)17-40-18-24-16-36(10-11-37(24)26)30-32-14-22(31)15-33-30/h3-9,12-15,24H,10-11,16-18H2,1-2H3,(H,34,39)/t24-/m0/s1. The minimum atomic E-state index is -0.696. The number of ether oxygens (including phenoxy) is 1. The number of anilines is 3. The summed E-state index contributed by atoms with van der Waals surface area (Å²) in [4.78, 5) is 39.1. The molecular weight excluding hydrogens is 511 g/mol. The molecule has 4 heterocycles. The van der Waals surface area contributed by atoms with Crippen molar-refractivity contribution in [2.24, 2.45) is 7.05 Å². The number of nitrogens with zero attached hydrogens (tertiary/aromatic N) is 5. The van der Waals surface area contributed by atoms with Gasteiger partial charge in [-0.05, 0) is 36.8 Å². The van der Waals surface area contributed by atoms with E-state index in [-0.39, 0.29) is 6.04 Å². The molecule has 2 aliphatic rings. The molecule has 0 saturated carbocycles. The molecule has 1 fully saturated rings. The summed E-state index contributed by atoms with van der Waals surface area (Å²) in [5, 5.41) is 2.80. The predicted octanol–water partition coefficient (Wildman–Crippen LogP) is 3.98. The van der Waals surface area contributed by atoms with Crippen LogP contribution in [0.25, 0.3) is 11.1 Å². The van der Waals surface area contributed by atoms with Gasteiger partial charge in [-0.15, -0.1) is 0 Å². The van der Waals surface area contributed by atoms with E-state index in [0.29, 0.717) is 50.2 Å². The molecule has 4 aromatic rings. The first kappa shape index (κ1) is 25.7. The van der Waals surface area contributed by atoms with E-state index < -0.39 is 17.5 Å². The molecule has 0 unspecified atom stereocenters. The van der Waals surface area contributed by atoms with E-state index in [4.69, 9.17) is 4.74 Å². The van der Waals surface area contributed by atoms with Gasteiger partial charge in [0, 0.05) is 54.9 Å². The number of aromatic nitrogens is 3. The Morgan fingerprint density at radius 1 is 1.05 bits per heavy atom. The number of aryl methyl sites for hydroxylation is 1. The zero-order valence-corrected chi connectivity index (χ0v) is 22.3. The molecule has 2 aromatic heterocycles. The first-order valence-electron chi connectivity index (χ1n) is 13.2. The average molecular weight is 541 g/mol. The van der Waals surface area contributed by atoms with E-state index in [9.17, 15) is 14.0 Å². The molecule has 0 bridgehead atoms. The summed E-state index contributed by atoms with van der Waals surface area (Å²) in [7, 11) is 1.79. The van der Waals surface area contributed by atoms with E-state index in [1.165, 1.54) is 12.4 Å². The van der Waals surface area contributed by atoms with Gasteiger partial charge < -0.3 is 24.4 Å². The summed E-state index contributed by atoms with van der Waals surface area (Å²) in [6.45, 7) is 4.81. The summed E-state index contributed by atoms with van der Waals surface area (Å²) in [5.74, 6) is -1.26. The number of rotatable bonds is 5. The van der Waals surface area contributed by atoms with Crippen molar-refractivity contribution < 1.29 is 18.7 Å². The molecule has 2 aromatic carbocycles. The molecule has 9 nitrogen and oxygen atoms in total. The van der Waals surface area contributed by atoms with Crippen LogP contribution in [-0.2, 0) is 23.2 Å². The number of benzene rings is 2. The number of carbonyl (C=O) groups excluding carboxylic acids is 2. The third-order valence-electron chi connectivity index (χ3n) is 7.57. The molecule has 204 valence electrons. The fourth-order valence-corrected chi connectivity index (χ4v) is 5.47. The number of halogens is 1. The topological polar surface area (TPSA) is 92.6 Å². The highest BCUT2D eigenvalue weighted by Gasteiger charge is 2.32. The smallest absolute Gasteiger partial charge is 0.298 e. The van der Waals surface area contributed by atoms with E-state index >= 15 is 0 Å². The summed E-state index contributed by atoms with van der Waals surface area (Å²) >= 11 is 0. The van der Waals surface area contributed by atoms with Gasteiger partial charge in [-0.3, -0.25) is 9.59 Å². The van der Waals surface area contributed by atoms with Crippen molar-refractivity contribution in [3.05, 3.63) is 89.8 Å². The van der Waals surface area contributed by atoms with Crippen LogP contribution in [0.2, 0.25) is 0 Å². The van der Waals surface area contributed by atoms with Crippen molar-refractivity contribution in [2.75, 3.05) is 41.4 Å². The Morgan fingerprint density at radius 3 is 2.60 bits per heavy atom. The minimum Gasteiger partial charge on any atom is -0.374 e. The number of nitrogens with one attached hydrogen (secondary N) is 1. The molecule has 1 saturated heterocycles. The molecule has 1 atom stereocenters. The van der Waals surface area contributed by atoms with Gasteiger partial charge in [0.15, 0.2) is 5.82 Å². The Bertz CT molecular complexity index is 1570. The monoisotopic (exact) mass is 540 g/mol. The van der Waals surface area contributed by atoms with Crippen molar-refractivity contribution >= 4 is 29.0 Å². The Morgan fingerprint density at radius 2 is 1.82 bits per heavy atom. The van der Waals surface area contributed by atoms with Crippen molar-refractivity contribution in [1.29, 1.82) is 0 Å². The summed E-state index contributed by atoms with van der Waals surface area (Å²) < 4.78 is 21.0. The number of hydrogen-bond acceptors (Lipinski definition) is 7. The fourth-order valence-electron chi connectivity index (χ4n) is 5.47. The molecule has 0 aliphatic carbocycles. The first-order chi connectivity index (χ1) is 19.4. The lowest BCUT2D eigenvalue weighted by Gasteiger charge is -2.42. The quantitative estimate of drug-likeness (QED) is 0.302. The molecular formula is C30H29FN6O3. The first-order valence-corrected chi connectivity index (χ1v) is 13.2. The van der Waals surface area contributed by atoms with Gasteiger partial charge in [0.05, 0.1) is 31.6 Å². The number of amides is 1. The lowest BCUT2D eigenvalue weighted by molar-refractivity contribution is -0.112. The molecule has 1 amide bonds. The molecule has 0 radical (unpaired) electrons. The molecule has 6 rings (SSSR count). The number of ketones is 1. The lowest BCUT2D eigenvalue weighted by Crippen LogP contribution is -2.55. The highest BCUT2D eigenvalue weighted by Crippen LogP contribution is 2.32. The van der Waals surface area contributed by atoms with Gasteiger partial charge in [0.2, 0.25) is 5.95 Å². The molecule has 1 N–H and O–H groups in total. The number of hydrogen-bond donors (Lipinski definition) is 1. The zero-order chi connectivity index (χ0) is 27.8. The number of fused-ring (bicyclic) bond motifs is 3.